The molecule has 1 amide bonds. The molecule has 0 spiro atoms. The smallest absolute Gasteiger partial charge is 0.272 e. The summed E-state index contributed by atoms with van der Waals surface area (Å²) in [7, 11) is 0. The molecule has 2 aliphatic rings. The Hall–Kier alpha value is -2.30. The zero-order chi connectivity index (χ0) is 19.3. The Bertz CT molecular complexity index is 651. The van der Waals surface area contributed by atoms with Gasteiger partial charge in [-0.25, -0.2) is 0 Å². The van der Waals surface area contributed by atoms with E-state index in [1.54, 1.807) is 23.5 Å². The first-order valence-electron chi connectivity index (χ1n) is 9.30. The average Bonchev–Trinajstić information content (AvgIpc) is 2.58. The molecule has 2 rings (SSSR count). The second kappa shape index (κ2) is 8.39. The fraction of sp³-hybridized carbons (Fsp3) is 0.524. The van der Waals surface area contributed by atoms with Gasteiger partial charge in [-0.2, -0.15) is 0 Å². The number of piperidine rings is 1. The third-order valence-corrected chi connectivity index (χ3v) is 4.50. The van der Waals surface area contributed by atoms with E-state index in [9.17, 15) is 4.79 Å². The summed E-state index contributed by atoms with van der Waals surface area (Å²) < 4.78 is 0. The highest BCUT2D eigenvalue weighted by Gasteiger charge is 2.29. The standard InChI is InChI=1S/C21H32N4O/c1-7-18-13-22-14-19(25(18)8-2)20(26)24-11-9-10-17(15-24)23-16(3)12-21(4,5)6/h7-8,13-14,17,23H,2-3,9-12,15H2,1,4-6H3/b18-7-. The monoisotopic (exact) mass is 356 g/mol. The van der Waals surface area contributed by atoms with Crippen LogP contribution in [0.3, 0.4) is 0 Å². The van der Waals surface area contributed by atoms with Gasteiger partial charge in [-0.15, -0.1) is 0 Å². The molecule has 0 aromatic rings. The molecule has 1 saturated heterocycles. The van der Waals surface area contributed by atoms with Crippen molar-refractivity contribution >= 4 is 12.1 Å². The molecule has 0 bridgehead atoms. The van der Waals surface area contributed by atoms with E-state index in [1.807, 2.05) is 17.9 Å². The number of likely N-dealkylation sites (tertiary alicyclic amines) is 1. The Morgan fingerprint density at radius 1 is 1.46 bits per heavy atom. The van der Waals surface area contributed by atoms with Crippen LogP contribution in [0.4, 0.5) is 0 Å². The second-order valence-electron chi connectivity index (χ2n) is 8.13. The summed E-state index contributed by atoms with van der Waals surface area (Å²) in [6.07, 6.45) is 9.88. The number of hydrogen-bond donors (Lipinski definition) is 1. The fourth-order valence-corrected chi connectivity index (χ4v) is 3.44. The van der Waals surface area contributed by atoms with Crippen LogP contribution in [0.15, 0.2) is 53.7 Å². The maximum absolute atomic E-state index is 13.1. The number of carbonyl (C=O) groups is 1. The summed E-state index contributed by atoms with van der Waals surface area (Å²) in [6.45, 7) is 18.0. The number of allylic oxidation sites excluding steroid dienone is 3. The Morgan fingerprint density at radius 3 is 2.81 bits per heavy atom. The Labute approximate surface area is 157 Å². The summed E-state index contributed by atoms with van der Waals surface area (Å²) in [5.74, 6) is -0.00552. The van der Waals surface area contributed by atoms with Crippen LogP contribution >= 0.6 is 0 Å². The van der Waals surface area contributed by atoms with E-state index in [0.717, 1.165) is 37.2 Å². The van der Waals surface area contributed by atoms with Crippen LogP contribution in [-0.4, -0.2) is 41.1 Å². The van der Waals surface area contributed by atoms with Crippen molar-refractivity contribution in [2.45, 2.75) is 53.0 Å². The van der Waals surface area contributed by atoms with Gasteiger partial charge in [0, 0.05) is 31.0 Å². The minimum Gasteiger partial charge on any atom is -0.384 e. The molecule has 1 N–H and O–H groups in total. The van der Waals surface area contributed by atoms with Gasteiger partial charge in [-0.05, 0) is 31.6 Å². The second-order valence-corrected chi connectivity index (χ2v) is 8.13. The molecule has 0 saturated carbocycles. The molecule has 142 valence electrons. The SMILES string of the molecule is C=CN1C(C(=O)N2CCCC(NC(=C)CC(C)(C)C)C2)=CN=C/C1=C/C. The van der Waals surface area contributed by atoms with Gasteiger partial charge < -0.3 is 15.1 Å². The molecule has 26 heavy (non-hydrogen) atoms. The highest BCUT2D eigenvalue weighted by molar-refractivity contribution is 5.96. The van der Waals surface area contributed by atoms with Crippen LogP contribution in [0.25, 0.3) is 0 Å². The topological polar surface area (TPSA) is 47.9 Å². The molecule has 2 heterocycles. The van der Waals surface area contributed by atoms with Gasteiger partial charge in [0.2, 0.25) is 0 Å². The first kappa shape index (κ1) is 20.0. The minimum atomic E-state index is -0.00552. The van der Waals surface area contributed by atoms with Gasteiger partial charge in [-0.1, -0.05) is 40.0 Å². The van der Waals surface area contributed by atoms with Crippen molar-refractivity contribution in [3.05, 3.63) is 48.7 Å². The lowest BCUT2D eigenvalue weighted by molar-refractivity contribution is -0.129. The number of rotatable bonds is 5. The first-order valence-corrected chi connectivity index (χ1v) is 9.30. The fourth-order valence-electron chi connectivity index (χ4n) is 3.44. The molecule has 2 aliphatic heterocycles. The molecule has 0 aromatic carbocycles. The molecule has 1 unspecified atom stereocenters. The number of hydrogen-bond acceptors (Lipinski definition) is 4. The normalized spacial score (nSPS) is 22.2. The van der Waals surface area contributed by atoms with Gasteiger partial charge in [0.15, 0.2) is 0 Å². The van der Waals surface area contributed by atoms with Crippen molar-refractivity contribution in [1.82, 2.24) is 15.1 Å². The Morgan fingerprint density at radius 2 is 2.19 bits per heavy atom. The maximum Gasteiger partial charge on any atom is 0.272 e. The van der Waals surface area contributed by atoms with Gasteiger partial charge >= 0.3 is 0 Å². The predicted octanol–water partition coefficient (Wildman–Crippen LogP) is 3.79. The first-order chi connectivity index (χ1) is 12.2. The summed E-state index contributed by atoms with van der Waals surface area (Å²) in [6, 6.07) is 0.244. The summed E-state index contributed by atoms with van der Waals surface area (Å²) in [5.41, 5.74) is 2.65. The largest absolute Gasteiger partial charge is 0.384 e. The van der Waals surface area contributed by atoms with Crippen molar-refractivity contribution in [1.29, 1.82) is 0 Å². The van der Waals surface area contributed by atoms with E-state index in [0.29, 0.717) is 12.2 Å². The molecule has 0 radical (unpaired) electrons. The van der Waals surface area contributed by atoms with Crippen LogP contribution in [0.2, 0.25) is 0 Å². The van der Waals surface area contributed by atoms with Crippen LogP contribution in [0, 0.1) is 5.41 Å². The lowest BCUT2D eigenvalue weighted by atomic mass is 9.90. The molecular formula is C21H32N4O. The lowest BCUT2D eigenvalue weighted by Crippen LogP contribution is -2.49. The maximum atomic E-state index is 13.1. The van der Waals surface area contributed by atoms with Crippen molar-refractivity contribution in [2.75, 3.05) is 13.1 Å². The Kier molecular flexibility index (Phi) is 6.46. The van der Waals surface area contributed by atoms with E-state index in [2.05, 4.69) is 44.2 Å². The van der Waals surface area contributed by atoms with E-state index in [4.69, 9.17) is 0 Å². The number of nitrogens with zero attached hydrogens (tertiary/aromatic N) is 3. The van der Waals surface area contributed by atoms with Crippen molar-refractivity contribution in [2.24, 2.45) is 10.4 Å². The summed E-state index contributed by atoms with van der Waals surface area (Å²) in [4.78, 5) is 21.0. The van der Waals surface area contributed by atoms with Crippen LogP contribution in [0.1, 0.15) is 47.0 Å². The van der Waals surface area contributed by atoms with Gasteiger partial charge in [0.1, 0.15) is 5.70 Å². The molecular weight excluding hydrogens is 324 g/mol. The third kappa shape index (κ3) is 5.10. The van der Waals surface area contributed by atoms with Crippen LogP contribution in [-0.2, 0) is 4.79 Å². The van der Waals surface area contributed by atoms with Crippen LogP contribution in [0.5, 0.6) is 0 Å². The highest BCUT2D eigenvalue weighted by Crippen LogP contribution is 2.24. The number of carbonyl (C=O) groups excluding carboxylic acids is 1. The van der Waals surface area contributed by atoms with Crippen molar-refractivity contribution in [3.63, 3.8) is 0 Å². The third-order valence-electron chi connectivity index (χ3n) is 4.50. The summed E-state index contributed by atoms with van der Waals surface area (Å²) in [5, 5.41) is 3.53. The minimum absolute atomic E-state index is 0.00552. The highest BCUT2D eigenvalue weighted by atomic mass is 16.2. The van der Waals surface area contributed by atoms with Crippen molar-refractivity contribution < 1.29 is 4.79 Å². The number of amides is 1. The Balaban J connectivity index is 2.03. The average molecular weight is 357 g/mol. The lowest BCUT2D eigenvalue weighted by Gasteiger charge is -2.37. The van der Waals surface area contributed by atoms with E-state index >= 15 is 0 Å². The van der Waals surface area contributed by atoms with Gasteiger partial charge in [-0.3, -0.25) is 9.79 Å². The number of nitrogens with one attached hydrogen (secondary N) is 1. The van der Waals surface area contributed by atoms with Crippen molar-refractivity contribution in [3.8, 4) is 0 Å². The molecule has 5 nitrogen and oxygen atoms in total. The van der Waals surface area contributed by atoms with Gasteiger partial charge in [0.05, 0.1) is 18.1 Å². The van der Waals surface area contributed by atoms with E-state index < -0.39 is 0 Å². The zero-order valence-electron chi connectivity index (χ0n) is 16.6. The molecule has 0 aromatic heterocycles. The van der Waals surface area contributed by atoms with E-state index in [-0.39, 0.29) is 17.4 Å². The molecule has 5 heteroatoms. The predicted molar refractivity (Wildman–Crippen MR) is 108 cm³/mol. The zero-order valence-corrected chi connectivity index (χ0v) is 16.6. The molecule has 1 fully saturated rings. The quantitative estimate of drug-likeness (QED) is 0.815. The number of aliphatic imine (C=N–C) groups is 1. The summed E-state index contributed by atoms with van der Waals surface area (Å²) >= 11 is 0. The van der Waals surface area contributed by atoms with Gasteiger partial charge in [0.25, 0.3) is 5.91 Å². The molecule has 0 aliphatic carbocycles. The molecule has 1 atom stereocenters. The van der Waals surface area contributed by atoms with E-state index in [1.165, 1.54) is 0 Å². The van der Waals surface area contributed by atoms with Crippen LogP contribution < -0.4 is 5.32 Å².